The third-order valence-electron chi connectivity index (χ3n) is 1.35. The first-order valence-electron chi connectivity index (χ1n) is 3.02. The number of hydrogen-bond donors (Lipinski definition) is 0. The second-order valence-electron chi connectivity index (χ2n) is 2.11. The van der Waals surface area contributed by atoms with Crippen molar-refractivity contribution < 1.29 is 0 Å². The predicted molar refractivity (Wildman–Crippen MR) is 46.1 cm³/mol. The largest absolute Gasteiger partial charge is 0.304 e. The minimum absolute atomic E-state index is 0.474. The summed E-state index contributed by atoms with van der Waals surface area (Å²) >= 11 is 3.25. The van der Waals surface area contributed by atoms with Gasteiger partial charge in [-0.1, -0.05) is 0 Å². The van der Waals surface area contributed by atoms with Gasteiger partial charge >= 0.3 is 0 Å². The van der Waals surface area contributed by atoms with E-state index in [4.69, 9.17) is 7.85 Å². The maximum Gasteiger partial charge on any atom is 0.170 e. The van der Waals surface area contributed by atoms with Crippen molar-refractivity contribution in [2.45, 2.75) is 0 Å². The van der Waals surface area contributed by atoms with Crippen molar-refractivity contribution in [2.75, 3.05) is 0 Å². The Bertz CT molecular complexity index is 398. The molecule has 0 aliphatic rings. The Labute approximate surface area is 73.0 Å². The minimum Gasteiger partial charge on any atom is -0.304 e. The first kappa shape index (κ1) is 6.85. The fourth-order valence-corrected chi connectivity index (χ4v) is 1.42. The van der Waals surface area contributed by atoms with Gasteiger partial charge in [-0.15, -0.1) is 0 Å². The smallest absolute Gasteiger partial charge is 0.170 e. The molecule has 2 radical (unpaired) electrons. The van der Waals surface area contributed by atoms with Gasteiger partial charge in [-0.25, -0.2) is 4.98 Å². The van der Waals surface area contributed by atoms with Gasteiger partial charge < -0.3 is 4.40 Å². The van der Waals surface area contributed by atoms with Crippen molar-refractivity contribution in [3.05, 3.63) is 23.2 Å². The van der Waals surface area contributed by atoms with Crippen LogP contribution in [0.2, 0.25) is 0 Å². The lowest BCUT2D eigenvalue weighted by atomic mass is 10.1. The summed E-state index contributed by atoms with van der Waals surface area (Å²) in [6.07, 6.45) is 5.23. The fourth-order valence-electron chi connectivity index (χ4n) is 0.912. The minimum atomic E-state index is 0.474. The van der Waals surface area contributed by atoms with Crippen LogP contribution in [0.5, 0.6) is 0 Å². The van der Waals surface area contributed by atoms with Crippen LogP contribution in [0, 0.1) is 0 Å². The molecule has 0 spiro atoms. The lowest BCUT2D eigenvalue weighted by molar-refractivity contribution is 1.13. The first-order chi connectivity index (χ1) is 5.27. The van der Waals surface area contributed by atoms with Gasteiger partial charge in [-0.2, -0.15) is 0 Å². The Morgan fingerprint density at radius 3 is 3.18 bits per heavy atom. The molecule has 0 saturated carbocycles. The summed E-state index contributed by atoms with van der Waals surface area (Å²) in [4.78, 5) is 8.04. The molecule has 2 aromatic heterocycles. The SMILES string of the molecule is [B]c1cn2ccnc2c(Br)n1. The molecule has 2 rings (SSSR count). The summed E-state index contributed by atoms with van der Waals surface area (Å²) in [5, 5.41) is 0. The number of hydrogen-bond acceptors (Lipinski definition) is 2. The molecule has 0 N–H and O–H groups in total. The third kappa shape index (κ3) is 1.05. The molecular weight excluding hydrogens is 205 g/mol. The van der Waals surface area contributed by atoms with Crippen molar-refractivity contribution in [1.82, 2.24) is 14.4 Å². The highest BCUT2D eigenvalue weighted by molar-refractivity contribution is 9.10. The van der Waals surface area contributed by atoms with Gasteiger partial charge in [0.15, 0.2) is 5.65 Å². The van der Waals surface area contributed by atoms with E-state index in [-0.39, 0.29) is 0 Å². The van der Waals surface area contributed by atoms with Gasteiger partial charge in [-0.3, -0.25) is 4.98 Å². The van der Waals surface area contributed by atoms with E-state index in [9.17, 15) is 0 Å². The molecule has 0 aliphatic carbocycles. The van der Waals surface area contributed by atoms with E-state index in [1.165, 1.54) is 0 Å². The molecule has 52 valence electrons. The number of imidazole rings is 1. The third-order valence-corrected chi connectivity index (χ3v) is 1.88. The normalized spacial score (nSPS) is 10.6. The van der Waals surface area contributed by atoms with Crippen LogP contribution in [0.3, 0.4) is 0 Å². The highest BCUT2D eigenvalue weighted by atomic mass is 79.9. The van der Waals surface area contributed by atoms with Gasteiger partial charge in [0.05, 0.1) is 0 Å². The standard InChI is InChI=1S/C6H3BBrN3/c7-4-3-11-2-1-9-6(11)5(8)10-4/h1-3H. The van der Waals surface area contributed by atoms with Crippen LogP contribution in [-0.4, -0.2) is 22.2 Å². The molecule has 11 heavy (non-hydrogen) atoms. The summed E-state index contributed by atoms with van der Waals surface area (Å²) in [5.41, 5.74) is 1.25. The van der Waals surface area contributed by atoms with Gasteiger partial charge in [0, 0.05) is 24.2 Å². The summed E-state index contributed by atoms with van der Waals surface area (Å²) in [5.74, 6) is 0. The van der Waals surface area contributed by atoms with Crippen molar-refractivity contribution >= 4 is 35.0 Å². The maximum atomic E-state index is 5.49. The van der Waals surface area contributed by atoms with Gasteiger partial charge in [-0.05, 0) is 15.9 Å². The number of nitrogens with zero attached hydrogens (tertiary/aromatic N) is 3. The molecule has 0 amide bonds. The van der Waals surface area contributed by atoms with Crippen LogP contribution >= 0.6 is 15.9 Å². The lowest BCUT2D eigenvalue weighted by Crippen LogP contribution is -2.10. The zero-order chi connectivity index (χ0) is 7.84. The second kappa shape index (κ2) is 2.34. The Morgan fingerprint density at radius 1 is 1.55 bits per heavy atom. The maximum absolute atomic E-state index is 5.49. The second-order valence-corrected chi connectivity index (χ2v) is 2.87. The molecule has 2 aromatic rings. The molecule has 5 heteroatoms. The fraction of sp³-hybridized carbons (Fsp3) is 0. The lowest BCUT2D eigenvalue weighted by Gasteiger charge is -1.97. The molecule has 0 saturated heterocycles. The van der Waals surface area contributed by atoms with Crippen LogP contribution in [-0.2, 0) is 0 Å². The summed E-state index contributed by atoms with van der Waals surface area (Å²) in [6.45, 7) is 0. The Kier molecular flexibility index (Phi) is 1.46. The Balaban J connectivity index is 2.91. The molecule has 0 bridgehead atoms. The van der Waals surface area contributed by atoms with Crippen LogP contribution in [0.1, 0.15) is 0 Å². The molecule has 0 fully saturated rings. The van der Waals surface area contributed by atoms with Crippen LogP contribution < -0.4 is 5.59 Å². The molecule has 2 heterocycles. The van der Waals surface area contributed by atoms with E-state index in [1.54, 1.807) is 12.4 Å². The molecule has 3 nitrogen and oxygen atoms in total. The first-order valence-corrected chi connectivity index (χ1v) is 3.81. The highest BCUT2D eigenvalue weighted by Crippen LogP contribution is 2.09. The van der Waals surface area contributed by atoms with E-state index in [0.29, 0.717) is 10.2 Å². The van der Waals surface area contributed by atoms with Gasteiger partial charge in [0.1, 0.15) is 12.4 Å². The quantitative estimate of drug-likeness (QED) is 0.582. The zero-order valence-electron chi connectivity index (χ0n) is 5.53. The number of rotatable bonds is 0. The molecule has 0 atom stereocenters. The van der Waals surface area contributed by atoms with E-state index >= 15 is 0 Å². The van der Waals surface area contributed by atoms with Crippen molar-refractivity contribution in [3.8, 4) is 0 Å². The highest BCUT2D eigenvalue weighted by Gasteiger charge is 2.00. The molecule has 0 aliphatic heterocycles. The average molecular weight is 208 g/mol. The van der Waals surface area contributed by atoms with Crippen molar-refractivity contribution in [2.24, 2.45) is 0 Å². The predicted octanol–water partition coefficient (Wildman–Crippen LogP) is 0.286. The van der Waals surface area contributed by atoms with Crippen LogP contribution in [0.15, 0.2) is 23.2 Å². The summed E-state index contributed by atoms with van der Waals surface area (Å²) in [7, 11) is 5.49. The van der Waals surface area contributed by atoms with Gasteiger partial charge in [0.2, 0.25) is 0 Å². The van der Waals surface area contributed by atoms with E-state index in [2.05, 4.69) is 25.9 Å². The van der Waals surface area contributed by atoms with E-state index in [1.807, 2.05) is 10.6 Å². The molecular formula is C6H3BBrN3. The van der Waals surface area contributed by atoms with Crippen molar-refractivity contribution in [3.63, 3.8) is 0 Å². The number of fused-ring (bicyclic) bond motifs is 1. The molecule has 0 aromatic carbocycles. The van der Waals surface area contributed by atoms with Crippen molar-refractivity contribution in [1.29, 1.82) is 0 Å². The topological polar surface area (TPSA) is 30.2 Å². The van der Waals surface area contributed by atoms with E-state index < -0.39 is 0 Å². The number of halogens is 1. The Hall–Kier alpha value is -0.835. The van der Waals surface area contributed by atoms with Crippen LogP contribution in [0.25, 0.3) is 5.65 Å². The van der Waals surface area contributed by atoms with E-state index in [0.717, 1.165) is 5.65 Å². The number of aromatic nitrogens is 3. The Morgan fingerprint density at radius 2 is 2.36 bits per heavy atom. The zero-order valence-corrected chi connectivity index (χ0v) is 7.12. The molecule has 0 unspecified atom stereocenters. The van der Waals surface area contributed by atoms with Gasteiger partial charge in [0.25, 0.3) is 0 Å². The van der Waals surface area contributed by atoms with Crippen LogP contribution in [0.4, 0.5) is 0 Å². The summed E-state index contributed by atoms with van der Waals surface area (Å²) in [6, 6.07) is 0. The summed E-state index contributed by atoms with van der Waals surface area (Å²) < 4.78 is 2.48. The monoisotopic (exact) mass is 207 g/mol. The average Bonchev–Trinajstić information content (AvgIpc) is 2.34.